The molecule has 1 heterocycles. The van der Waals surface area contributed by atoms with E-state index in [1.807, 2.05) is 30.3 Å². The smallest absolute Gasteiger partial charge is 0.326 e. The normalized spacial score (nSPS) is 14.9. The maximum Gasteiger partial charge on any atom is 0.326 e. The number of carboxylic acids is 1. The Bertz CT molecular complexity index is 753. The highest BCUT2D eigenvalue weighted by Crippen LogP contribution is 2.39. The molecule has 2 N–H and O–H groups in total. The number of carboxylic acid groups (broad SMARTS) is 1. The third kappa shape index (κ3) is 4.06. The lowest BCUT2D eigenvalue weighted by molar-refractivity contribution is -0.139. The monoisotopic (exact) mass is 343 g/mol. The van der Waals surface area contributed by atoms with E-state index in [4.69, 9.17) is 4.74 Å². The maximum atomic E-state index is 12.7. The number of carbonyl (C=O) groups is 2. The second-order valence-electron chi connectivity index (χ2n) is 6.12. The number of aromatic nitrogens is 2. The molecule has 0 spiro atoms. The summed E-state index contributed by atoms with van der Waals surface area (Å²) in [5.74, 6) is -1.15. The van der Waals surface area contributed by atoms with E-state index < -0.39 is 17.9 Å². The molecule has 1 aromatic heterocycles. The second-order valence-corrected chi connectivity index (χ2v) is 6.12. The van der Waals surface area contributed by atoms with Gasteiger partial charge in [0.1, 0.15) is 11.7 Å². The molecule has 3 rings (SSSR count). The molecule has 1 atom stereocenters. The minimum atomic E-state index is -1.08. The van der Waals surface area contributed by atoms with E-state index >= 15 is 0 Å². The molecule has 1 aliphatic rings. The van der Waals surface area contributed by atoms with Crippen LogP contribution in [0.4, 0.5) is 0 Å². The molecule has 25 heavy (non-hydrogen) atoms. The molecular formula is C18H21N3O4. The van der Waals surface area contributed by atoms with Crippen molar-refractivity contribution >= 4 is 11.9 Å². The first kappa shape index (κ1) is 17.2. The zero-order chi connectivity index (χ0) is 17.8. The second kappa shape index (κ2) is 7.48. The number of amides is 1. The lowest BCUT2D eigenvalue weighted by Crippen LogP contribution is -2.42. The van der Waals surface area contributed by atoms with E-state index in [1.165, 1.54) is 7.11 Å². The van der Waals surface area contributed by atoms with Gasteiger partial charge in [-0.05, 0) is 31.0 Å². The highest BCUT2D eigenvalue weighted by atomic mass is 16.5. The summed E-state index contributed by atoms with van der Waals surface area (Å²) in [5.41, 5.74) is 1.98. The molecule has 0 radical (unpaired) electrons. The SMILES string of the molecule is COCCC(NC(=O)c1cc(C2CC2)nn1-c1ccccc1)C(=O)O. The summed E-state index contributed by atoms with van der Waals surface area (Å²) in [7, 11) is 1.49. The van der Waals surface area contributed by atoms with Crippen molar-refractivity contribution in [3.8, 4) is 5.69 Å². The number of hydrogen-bond acceptors (Lipinski definition) is 4. The van der Waals surface area contributed by atoms with Crippen LogP contribution in [0, 0.1) is 0 Å². The third-order valence-corrected chi connectivity index (χ3v) is 4.17. The lowest BCUT2D eigenvalue weighted by Gasteiger charge is -2.14. The average Bonchev–Trinajstić information content (AvgIpc) is 3.37. The van der Waals surface area contributed by atoms with Crippen molar-refractivity contribution < 1.29 is 19.4 Å². The quantitative estimate of drug-likeness (QED) is 0.764. The number of benzene rings is 1. The molecule has 132 valence electrons. The minimum absolute atomic E-state index is 0.201. The Kier molecular flexibility index (Phi) is 5.14. The van der Waals surface area contributed by atoms with Crippen molar-refractivity contribution in [2.45, 2.75) is 31.2 Å². The summed E-state index contributed by atoms with van der Waals surface area (Å²) in [6, 6.07) is 10.1. The van der Waals surface area contributed by atoms with Crippen LogP contribution in [-0.2, 0) is 9.53 Å². The molecule has 1 saturated carbocycles. The molecule has 1 aromatic carbocycles. The molecule has 2 aromatic rings. The largest absolute Gasteiger partial charge is 0.480 e. The van der Waals surface area contributed by atoms with Gasteiger partial charge in [-0.2, -0.15) is 5.10 Å². The number of nitrogens with zero attached hydrogens (tertiary/aromatic N) is 2. The van der Waals surface area contributed by atoms with E-state index in [0.717, 1.165) is 24.2 Å². The van der Waals surface area contributed by atoms with E-state index in [-0.39, 0.29) is 13.0 Å². The van der Waals surface area contributed by atoms with Gasteiger partial charge in [0.25, 0.3) is 5.91 Å². The van der Waals surface area contributed by atoms with Crippen LogP contribution >= 0.6 is 0 Å². The molecule has 7 heteroatoms. The van der Waals surface area contributed by atoms with Gasteiger partial charge in [0.15, 0.2) is 0 Å². The van der Waals surface area contributed by atoms with Crippen LogP contribution in [0.15, 0.2) is 36.4 Å². The van der Waals surface area contributed by atoms with E-state index in [9.17, 15) is 14.7 Å². The summed E-state index contributed by atoms with van der Waals surface area (Å²) in [5, 5.41) is 16.4. The Hall–Kier alpha value is -2.67. The Morgan fingerprint density at radius 3 is 2.68 bits per heavy atom. The molecule has 7 nitrogen and oxygen atoms in total. The summed E-state index contributed by atoms with van der Waals surface area (Å²) in [4.78, 5) is 24.1. The Labute approximate surface area is 145 Å². The average molecular weight is 343 g/mol. The molecule has 1 unspecified atom stereocenters. The summed E-state index contributed by atoms with van der Waals surface area (Å²) in [6.07, 6.45) is 2.34. The molecule has 0 saturated heterocycles. The van der Waals surface area contributed by atoms with Gasteiger partial charge >= 0.3 is 5.97 Å². The van der Waals surface area contributed by atoms with E-state index in [0.29, 0.717) is 11.6 Å². The van der Waals surface area contributed by atoms with Crippen molar-refractivity contribution in [2.24, 2.45) is 0 Å². The van der Waals surface area contributed by atoms with Gasteiger partial charge in [0.2, 0.25) is 0 Å². The minimum Gasteiger partial charge on any atom is -0.480 e. The van der Waals surface area contributed by atoms with Crippen molar-refractivity contribution in [1.29, 1.82) is 0 Å². The van der Waals surface area contributed by atoms with Crippen LogP contribution in [0.5, 0.6) is 0 Å². The first-order valence-electron chi connectivity index (χ1n) is 8.28. The number of hydrogen-bond donors (Lipinski definition) is 2. The molecule has 0 aliphatic heterocycles. The zero-order valence-electron chi connectivity index (χ0n) is 14.0. The van der Waals surface area contributed by atoms with Crippen molar-refractivity contribution in [1.82, 2.24) is 15.1 Å². The van der Waals surface area contributed by atoms with Gasteiger partial charge in [-0.25, -0.2) is 9.48 Å². The Balaban J connectivity index is 1.87. The van der Waals surface area contributed by atoms with Gasteiger partial charge < -0.3 is 15.2 Å². The Morgan fingerprint density at radius 1 is 1.36 bits per heavy atom. The van der Waals surface area contributed by atoms with Crippen LogP contribution < -0.4 is 5.32 Å². The first-order chi connectivity index (χ1) is 12.1. The zero-order valence-corrected chi connectivity index (χ0v) is 14.0. The fraction of sp³-hybridized carbons (Fsp3) is 0.389. The molecule has 0 bridgehead atoms. The van der Waals surface area contributed by atoms with E-state index in [2.05, 4.69) is 10.4 Å². The number of ether oxygens (including phenoxy) is 1. The highest BCUT2D eigenvalue weighted by molar-refractivity contribution is 5.95. The van der Waals surface area contributed by atoms with Crippen molar-refractivity contribution in [3.63, 3.8) is 0 Å². The van der Waals surface area contributed by atoms with Crippen LogP contribution in [-0.4, -0.2) is 46.5 Å². The van der Waals surface area contributed by atoms with Crippen molar-refractivity contribution in [3.05, 3.63) is 47.8 Å². The van der Waals surface area contributed by atoms with Gasteiger partial charge in [-0.1, -0.05) is 18.2 Å². The third-order valence-electron chi connectivity index (χ3n) is 4.17. The summed E-state index contributed by atoms with van der Waals surface area (Å²) in [6.45, 7) is 0.252. The number of methoxy groups -OCH3 is 1. The molecule has 1 amide bonds. The number of rotatable bonds is 8. The fourth-order valence-corrected chi connectivity index (χ4v) is 2.63. The van der Waals surface area contributed by atoms with Gasteiger partial charge in [0, 0.05) is 26.1 Å². The van der Waals surface area contributed by atoms with Gasteiger partial charge in [0.05, 0.1) is 11.4 Å². The molecule has 1 fully saturated rings. The number of nitrogens with one attached hydrogen (secondary N) is 1. The van der Waals surface area contributed by atoms with Crippen LogP contribution in [0.25, 0.3) is 5.69 Å². The number of para-hydroxylation sites is 1. The lowest BCUT2D eigenvalue weighted by atomic mass is 10.2. The summed E-state index contributed by atoms with van der Waals surface area (Å²) < 4.78 is 6.50. The Morgan fingerprint density at radius 2 is 2.08 bits per heavy atom. The molecule has 1 aliphatic carbocycles. The highest BCUT2D eigenvalue weighted by Gasteiger charge is 2.30. The predicted molar refractivity (Wildman–Crippen MR) is 90.9 cm³/mol. The number of aliphatic carboxylic acids is 1. The van der Waals surface area contributed by atoms with Gasteiger partial charge in [-0.3, -0.25) is 4.79 Å². The van der Waals surface area contributed by atoms with Crippen LogP contribution in [0.3, 0.4) is 0 Å². The standard InChI is InChI=1S/C18H21N3O4/c1-25-10-9-14(18(23)24)19-17(22)16-11-15(12-7-8-12)20-21(16)13-5-3-2-4-6-13/h2-6,11-12,14H,7-10H2,1H3,(H,19,22)(H,23,24). The number of carbonyl (C=O) groups excluding carboxylic acids is 1. The van der Waals surface area contributed by atoms with E-state index in [1.54, 1.807) is 10.7 Å². The predicted octanol–water partition coefficient (Wildman–Crippen LogP) is 1.97. The summed E-state index contributed by atoms with van der Waals surface area (Å²) >= 11 is 0. The van der Waals surface area contributed by atoms with Gasteiger partial charge in [-0.15, -0.1) is 0 Å². The van der Waals surface area contributed by atoms with Crippen molar-refractivity contribution in [2.75, 3.05) is 13.7 Å². The fourth-order valence-electron chi connectivity index (χ4n) is 2.63. The maximum absolute atomic E-state index is 12.7. The van der Waals surface area contributed by atoms with Crippen LogP contribution in [0.1, 0.15) is 41.4 Å². The van der Waals surface area contributed by atoms with Crippen LogP contribution in [0.2, 0.25) is 0 Å². The molecular weight excluding hydrogens is 322 g/mol. The first-order valence-corrected chi connectivity index (χ1v) is 8.28. The topological polar surface area (TPSA) is 93.5 Å².